The van der Waals surface area contributed by atoms with Crippen molar-refractivity contribution < 1.29 is 9.59 Å². The number of nitrogens with one attached hydrogen (secondary N) is 1. The van der Waals surface area contributed by atoms with E-state index in [1.54, 1.807) is 34.9 Å². The highest BCUT2D eigenvalue weighted by atomic mass is 35.5. The van der Waals surface area contributed by atoms with E-state index in [0.29, 0.717) is 39.9 Å². The van der Waals surface area contributed by atoms with Gasteiger partial charge in [-0.1, -0.05) is 47.8 Å². The van der Waals surface area contributed by atoms with Crippen LogP contribution in [0.4, 0.5) is 0 Å². The number of hydrogen-bond acceptors (Lipinski definition) is 3. The van der Waals surface area contributed by atoms with Gasteiger partial charge in [-0.2, -0.15) is 0 Å². The number of benzene rings is 2. The lowest BCUT2D eigenvalue weighted by atomic mass is 10.1. The quantitative estimate of drug-likeness (QED) is 0.263. The molecule has 1 N–H and O–H groups in total. The maximum atomic E-state index is 13.2. The predicted molar refractivity (Wildman–Crippen MR) is 136 cm³/mol. The van der Waals surface area contributed by atoms with Crippen LogP contribution in [0.5, 0.6) is 0 Å². The number of carbonyl (C=O) groups is 2. The van der Waals surface area contributed by atoms with Crippen molar-refractivity contribution in [3.63, 3.8) is 0 Å². The molecule has 174 valence electrons. The summed E-state index contributed by atoms with van der Waals surface area (Å²) in [5, 5.41) is 4.58. The summed E-state index contributed by atoms with van der Waals surface area (Å²) in [7, 11) is 0. The predicted octanol–water partition coefficient (Wildman–Crippen LogP) is 6.85. The highest BCUT2D eigenvalue weighted by Gasteiger charge is 2.29. The molecule has 2 amide bonds. The Hall–Kier alpha value is -1.40. The van der Waals surface area contributed by atoms with Crippen molar-refractivity contribution in [2.24, 2.45) is 0 Å². The number of hydrogen-bond donors (Lipinski definition) is 1. The molecule has 2 aromatic carbocycles. The first-order chi connectivity index (χ1) is 15.2. The van der Waals surface area contributed by atoms with Gasteiger partial charge in [0.15, 0.2) is 0 Å². The topological polar surface area (TPSA) is 49.4 Å². The van der Waals surface area contributed by atoms with Gasteiger partial charge >= 0.3 is 0 Å². The first-order valence-electron chi connectivity index (χ1n) is 10.6. The second kappa shape index (κ2) is 13.3. The lowest BCUT2D eigenvalue weighted by Crippen LogP contribution is -2.50. The van der Waals surface area contributed by atoms with Crippen molar-refractivity contribution in [1.82, 2.24) is 10.2 Å². The largest absolute Gasteiger partial charge is 0.352 e. The van der Waals surface area contributed by atoms with Crippen LogP contribution < -0.4 is 5.32 Å². The smallest absolute Gasteiger partial charge is 0.243 e. The molecule has 0 radical (unpaired) electrons. The van der Waals surface area contributed by atoms with Gasteiger partial charge in [-0.25, -0.2) is 0 Å². The monoisotopic (exact) mass is 514 g/mol. The molecule has 0 heterocycles. The lowest BCUT2D eigenvalue weighted by molar-refractivity contribution is -0.141. The summed E-state index contributed by atoms with van der Waals surface area (Å²) in [6.07, 6.45) is 1.50. The van der Waals surface area contributed by atoms with Crippen LogP contribution in [0, 0.1) is 0 Å². The molecular weight excluding hydrogens is 487 g/mol. The molecule has 0 aliphatic heterocycles. The average Bonchev–Trinajstić information content (AvgIpc) is 2.73. The Balaban J connectivity index is 2.12. The molecule has 4 nitrogen and oxygen atoms in total. The Morgan fingerprint density at radius 2 is 1.66 bits per heavy atom. The third-order valence-corrected chi connectivity index (χ3v) is 6.88. The van der Waals surface area contributed by atoms with E-state index in [2.05, 4.69) is 5.32 Å². The zero-order valence-electron chi connectivity index (χ0n) is 18.5. The summed E-state index contributed by atoms with van der Waals surface area (Å²) >= 11 is 20.3. The molecule has 0 aliphatic rings. The third-order valence-electron chi connectivity index (χ3n) is 4.82. The van der Waals surface area contributed by atoms with Crippen molar-refractivity contribution in [2.75, 3.05) is 5.75 Å². The number of amides is 2. The Labute approximate surface area is 210 Å². The number of nitrogens with zero attached hydrogens (tertiary/aromatic N) is 1. The van der Waals surface area contributed by atoms with Crippen LogP contribution in [-0.2, 0) is 16.1 Å². The molecule has 8 heteroatoms. The summed E-state index contributed by atoms with van der Waals surface area (Å²) in [4.78, 5) is 28.8. The van der Waals surface area contributed by atoms with E-state index in [1.807, 2.05) is 45.0 Å². The molecule has 0 bridgehead atoms. The molecule has 32 heavy (non-hydrogen) atoms. The average molecular weight is 516 g/mol. The fourth-order valence-corrected chi connectivity index (χ4v) is 4.74. The Bertz CT molecular complexity index is 886. The Morgan fingerprint density at radius 1 is 1.03 bits per heavy atom. The molecule has 0 unspecified atom stereocenters. The van der Waals surface area contributed by atoms with E-state index in [4.69, 9.17) is 34.8 Å². The van der Waals surface area contributed by atoms with Gasteiger partial charge in [0.05, 0.1) is 0 Å². The van der Waals surface area contributed by atoms with Gasteiger partial charge in [-0.3, -0.25) is 9.59 Å². The number of halogens is 3. The molecule has 2 aromatic rings. The second-order valence-electron chi connectivity index (χ2n) is 7.72. The zero-order valence-corrected chi connectivity index (χ0v) is 21.6. The summed E-state index contributed by atoms with van der Waals surface area (Å²) in [6.45, 7) is 5.88. The van der Waals surface area contributed by atoms with Crippen LogP contribution >= 0.6 is 46.6 Å². The van der Waals surface area contributed by atoms with Gasteiger partial charge in [0, 0.05) is 44.5 Å². The fourth-order valence-electron chi connectivity index (χ4n) is 3.24. The van der Waals surface area contributed by atoms with Crippen molar-refractivity contribution >= 4 is 58.4 Å². The van der Waals surface area contributed by atoms with E-state index in [1.165, 1.54) is 0 Å². The van der Waals surface area contributed by atoms with Crippen LogP contribution in [0.1, 0.15) is 45.6 Å². The van der Waals surface area contributed by atoms with Gasteiger partial charge < -0.3 is 10.2 Å². The van der Waals surface area contributed by atoms with E-state index in [-0.39, 0.29) is 24.4 Å². The van der Waals surface area contributed by atoms with Crippen molar-refractivity contribution in [3.8, 4) is 0 Å². The highest BCUT2D eigenvalue weighted by molar-refractivity contribution is 7.99. The Kier molecular flexibility index (Phi) is 11.2. The van der Waals surface area contributed by atoms with Gasteiger partial charge in [-0.15, -0.1) is 11.8 Å². The normalized spacial score (nSPS) is 12.0. The minimum atomic E-state index is -0.596. The molecule has 2 rings (SSSR count). The third kappa shape index (κ3) is 8.18. The summed E-state index contributed by atoms with van der Waals surface area (Å²) < 4.78 is 0. The molecule has 0 spiro atoms. The molecular formula is C24H29Cl3N2O2S. The first kappa shape index (κ1) is 26.8. The van der Waals surface area contributed by atoms with E-state index >= 15 is 0 Å². The number of carbonyl (C=O) groups excluding carboxylic acids is 2. The van der Waals surface area contributed by atoms with E-state index in [0.717, 1.165) is 10.6 Å². The SMILES string of the molecule is CC[C@@H](C(=O)NC(C)C)N(Cc1c(Cl)cccc1Cl)C(=O)CCCSc1ccc(Cl)cc1. The van der Waals surface area contributed by atoms with Gasteiger partial charge in [0.1, 0.15) is 6.04 Å². The van der Waals surface area contributed by atoms with Crippen LogP contribution in [0.2, 0.25) is 15.1 Å². The van der Waals surface area contributed by atoms with E-state index < -0.39 is 6.04 Å². The molecule has 0 aliphatic carbocycles. The summed E-state index contributed by atoms with van der Waals surface area (Å²) in [5.74, 6) is 0.515. The maximum absolute atomic E-state index is 13.2. The summed E-state index contributed by atoms with van der Waals surface area (Å²) in [6, 6.07) is 12.2. The standard InChI is InChI=1S/C24H29Cl3N2O2S/c1-4-22(24(31)28-16(2)3)29(15-19-20(26)7-5-8-21(19)27)23(30)9-6-14-32-18-12-10-17(25)11-13-18/h5,7-8,10-13,16,22H,4,6,9,14-15H2,1-3H3,(H,28,31)/t22-/m0/s1. The van der Waals surface area contributed by atoms with E-state index in [9.17, 15) is 9.59 Å². The van der Waals surface area contributed by atoms with Gasteiger partial charge in [-0.05, 0) is 68.8 Å². The molecule has 0 saturated heterocycles. The second-order valence-corrected chi connectivity index (χ2v) is 10.1. The van der Waals surface area contributed by atoms with Gasteiger partial charge in [0.25, 0.3) is 0 Å². The molecule has 0 aromatic heterocycles. The van der Waals surface area contributed by atoms with Crippen LogP contribution in [-0.4, -0.2) is 34.6 Å². The minimum Gasteiger partial charge on any atom is -0.352 e. The lowest BCUT2D eigenvalue weighted by Gasteiger charge is -2.31. The minimum absolute atomic E-state index is 0.0202. The van der Waals surface area contributed by atoms with Crippen molar-refractivity contribution in [2.45, 2.75) is 63.6 Å². The maximum Gasteiger partial charge on any atom is 0.243 e. The van der Waals surface area contributed by atoms with Crippen LogP contribution in [0.25, 0.3) is 0 Å². The summed E-state index contributed by atoms with van der Waals surface area (Å²) in [5.41, 5.74) is 0.649. The number of rotatable bonds is 11. The first-order valence-corrected chi connectivity index (χ1v) is 12.8. The van der Waals surface area contributed by atoms with Crippen LogP contribution in [0.3, 0.4) is 0 Å². The molecule has 0 fully saturated rings. The molecule has 1 atom stereocenters. The highest BCUT2D eigenvalue weighted by Crippen LogP contribution is 2.28. The van der Waals surface area contributed by atoms with Gasteiger partial charge in [0.2, 0.25) is 11.8 Å². The molecule has 0 saturated carbocycles. The number of thioether (sulfide) groups is 1. The zero-order chi connectivity index (χ0) is 23.7. The Morgan fingerprint density at radius 3 is 2.22 bits per heavy atom. The van der Waals surface area contributed by atoms with Crippen molar-refractivity contribution in [1.29, 1.82) is 0 Å². The van der Waals surface area contributed by atoms with Crippen molar-refractivity contribution in [3.05, 3.63) is 63.1 Å². The fraction of sp³-hybridized carbons (Fsp3) is 0.417. The van der Waals surface area contributed by atoms with Crippen LogP contribution in [0.15, 0.2) is 47.4 Å².